The largest absolute Gasteiger partial charge is 1.00 e. The topological polar surface area (TPSA) is 241 Å². The van der Waals surface area contributed by atoms with Crippen LogP contribution < -0.4 is 339 Å². The van der Waals surface area contributed by atoms with E-state index in [-0.39, 0.29) is 320 Å². The van der Waals surface area contributed by atoms with Crippen LogP contribution in [0.15, 0.2) is 12.1 Å². The molecular weight excluding hydrogens is 619 g/mol. The fraction of sp³-hybridized carbons (Fsp3) is 0. The summed E-state index contributed by atoms with van der Waals surface area (Å²) in [6.07, 6.45) is 0. The first kappa shape index (κ1) is 49.0. The Hall–Kier alpha value is 5.34. The Morgan fingerprint density at radius 2 is 0.735 bits per heavy atom. The van der Waals surface area contributed by atoms with Crippen LogP contribution in [0.4, 0.5) is 0 Å². The number of hydrogen-bond acceptors (Lipinski definition) is 12. The summed E-state index contributed by atoms with van der Waals surface area (Å²) in [6, 6.07) is 0.466. The van der Waals surface area contributed by atoms with E-state index in [1.807, 2.05) is 0 Å². The monoisotopic (exact) mass is 620 g/mol. The van der Waals surface area contributed by atoms with Crippen molar-refractivity contribution in [3.63, 3.8) is 0 Å². The van der Waals surface area contributed by atoms with Gasteiger partial charge in [-0.15, -0.1) is 0 Å². The number of carboxylic acid groups (broad SMARTS) is 6. The molecule has 12 nitrogen and oxygen atoms in total. The molecule has 0 atom stereocenters. The van der Waals surface area contributed by atoms with E-state index in [0.717, 1.165) is 0 Å². The maximum Gasteiger partial charge on any atom is 1.00 e. The number of benzene rings is 2. The third kappa shape index (κ3) is 11.5. The van der Waals surface area contributed by atoms with Gasteiger partial charge >= 0.3 is 308 Å². The van der Waals surface area contributed by atoms with E-state index >= 15 is 0 Å². The average molecular weight is 621 g/mol. The zero-order chi connectivity index (χ0) is 21.5. The summed E-state index contributed by atoms with van der Waals surface area (Å²) in [5.74, 6) is -14.0. The van der Waals surface area contributed by atoms with Gasteiger partial charge in [-0.05, 0) is 17.5 Å². The molecule has 0 aliphatic heterocycles. The number of rotatable bonds is 6. The average Bonchev–Trinajstić information content (AvgIpc) is 2.57. The van der Waals surface area contributed by atoms with E-state index in [2.05, 4.69) is 0 Å². The molecule has 0 unspecified atom stereocenters. The van der Waals surface area contributed by atoms with E-state index in [4.69, 9.17) is 0 Å². The molecule has 0 amide bonds. The molecule has 0 spiro atoms. The van der Waals surface area contributed by atoms with Crippen molar-refractivity contribution < 1.29 is 368 Å². The summed E-state index contributed by atoms with van der Waals surface area (Å²) in [7, 11) is 0. The minimum atomic E-state index is -2.48. The predicted octanol–water partition coefficient (Wildman–Crippen LogP) is -25.0. The molecule has 144 valence electrons. The number of hydrogen-bond donors (Lipinski definition) is 0. The van der Waals surface area contributed by atoms with E-state index in [1.165, 1.54) is 0 Å². The molecular formula is C16H2K6O12. The molecule has 2 aromatic rings. The first-order chi connectivity index (χ1) is 12.9. The standard InChI is InChI=1S/C16H8O12.6K/c17-11(18)4-2-6(13(21)22)8(14(23)24)7-3(4)1-5(12(19)20)9(15(25)26)10(7)16(27)28;;;;;;/h1-2H,(H,17,18)(H,19,20)(H,21,22)(H,23,24)(H,25,26)(H,27,28);;;;;;/q;6*+1/p-6. The molecule has 0 aliphatic rings. The Morgan fingerprint density at radius 3 is 1.03 bits per heavy atom. The van der Waals surface area contributed by atoms with Gasteiger partial charge in [-0.2, -0.15) is 0 Å². The van der Waals surface area contributed by atoms with E-state index < -0.39 is 80.0 Å². The molecule has 0 heterocycles. The van der Waals surface area contributed by atoms with Gasteiger partial charge in [-0.3, -0.25) is 0 Å². The maximum atomic E-state index is 11.5. The fourth-order valence-electron chi connectivity index (χ4n) is 2.70. The molecule has 2 rings (SSSR count). The van der Waals surface area contributed by atoms with Crippen LogP contribution in [0.2, 0.25) is 0 Å². The summed E-state index contributed by atoms with van der Waals surface area (Å²) in [4.78, 5) is 67.9. The Morgan fingerprint density at radius 1 is 0.412 bits per heavy atom. The zero-order valence-electron chi connectivity index (χ0n) is 19.1. The molecule has 0 fully saturated rings. The number of carbonyl (C=O) groups excluding carboxylic acids is 6. The van der Waals surface area contributed by atoms with Crippen LogP contribution in [0.25, 0.3) is 10.8 Å². The van der Waals surface area contributed by atoms with Gasteiger partial charge in [0.25, 0.3) is 0 Å². The molecule has 0 aliphatic carbocycles. The van der Waals surface area contributed by atoms with Crippen molar-refractivity contribution in [1.82, 2.24) is 0 Å². The van der Waals surface area contributed by atoms with Gasteiger partial charge in [-0.1, -0.05) is 0 Å². The molecule has 18 heteroatoms. The molecule has 0 aromatic heterocycles. The third-order valence-corrected chi connectivity index (χ3v) is 3.70. The van der Waals surface area contributed by atoms with Crippen LogP contribution in [0.1, 0.15) is 62.1 Å². The van der Waals surface area contributed by atoms with Crippen LogP contribution in [0, 0.1) is 0 Å². The van der Waals surface area contributed by atoms with Crippen molar-refractivity contribution in [2.75, 3.05) is 0 Å². The molecule has 0 saturated heterocycles. The van der Waals surface area contributed by atoms with E-state index in [9.17, 15) is 59.4 Å². The van der Waals surface area contributed by atoms with Crippen molar-refractivity contribution >= 4 is 46.6 Å². The first-order valence-corrected chi connectivity index (χ1v) is 6.85. The summed E-state index contributed by atoms with van der Waals surface area (Å²) in [5.41, 5.74) is -8.73. The number of carboxylic acids is 6. The van der Waals surface area contributed by atoms with Crippen molar-refractivity contribution in [1.29, 1.82) is 0 Å². The SMILES string of the molecule is O=C([O-])c1cc2c(C(=O)[O-])cc(C(=O)[O-])c(C(=O)[O-])c2c(C(=O)[O-])c1C(=O)[O-].[K+].[K+].[K+].[K+].[K+].[K+]. The number of fused-ring (bicyclic) bond motifs is 1. The summed E-state index contributed by atoms with van der Waals surface area (Å²) >= 11 is 0. The van der Waals surface area contributed by atoms with Gasteiger partial charge in [0.1, 0.15) is 0 Å². The van der Waals surface area contributed by atoms with E-state index in [0.29, 0.717) is 0 Å². The van der Waals surface area contributed by atoms with Gasteiger partial charge in [-0.25, -0.2) is 0 Å². The summed E-state index contributed by atoms with van der Waals surface area (Å²) < 4.78 is 0. The molecule has 2 aromatic carbocycles. The number of carbonyl (C=O) groups is 6. The van der Waals surface area contributed by atoms with Gasteiger partial charge < -0.3 is 59.4 Å². The Balaban J connectivity index is -0.000000467. The second kappa shape index (κ2) is 22.0. The maximum absolute atomic E-state index is 11.5. The van der Waals surface area contributed by atoms with Crippen LogP contribution in [-0.4, -0.2) is 35.8 Å². The second-order valence-corrected chi connectivity index (χ2v) is 5.17. The molecule has 0 bridgehead atoms. The minimum absolute atomic E-state index is 0. The Kier molecular flexibility index (Phi) is 31.7. The zero-order valence-corrected chi connectivity index (χ0v) is 37.8. The minimum Gasteiger partial charge on any atom is -0.545 e. The van der Waals surface area contributed by atoms with E-state index in [1.54, 1.807) is 0 Å². The fourth-order valence-corrected chi connectivity index (χ4v) is 2.70. The predicted molar refractivity (Wildman–Crippen MR) is 69.9 cm³/mol. The van der Waals surface area contributed by atoms with Crippen LogP contribution >= 0.6 is 0 Å². The van der Waals surface area contributed by atoms with Crippen molar-refractivity contribution in [3.05, 3.63) is 45.5 Å². The molecule has 0 saturated carbocycles. The summed E-state index contributed by atoms with van der Waals surface area (Å²) in [5, 5.41) is 65.7. The normalized spacial score (nSPS) is 8.59. The Bertz CT molecular complexity index is 1140. The van der Waals surface area contributed by atoms with Gasteiger partial charge in [0.2, 0.25) is 0 Å². The number of aromatic carboxylic acids is 6. The quantitative estimate of drug-likeness (QED) is 0.273. The second-order valence-electron chi connectivity index (χ2n) is 5.17. The van der Waals surface area contributed by atoms with Gasteiger partial charge in [0.05, 0.1) is 35.8 Å². The van der Waals surface area contributed by atoms with Crippen LogP contribution in [0.3, 0.4) is 0 Å². The first-order valence-electron chi connectivity index (χ1n) is 6.85. The molecule has 0 N–H and O–H groups in total. The van der Waals surface area contributed by atoms with Gasteiger partial charge in [0, 0.05) is 38.8 Å². The van der Waals surface area contributed by atoms with Gasteiger partial charge in [0.15, 0.2) is 0 Å². The smallest absolute Gasteiger partial charge is 0.545 e. The van der Waals surface area contributed by atoms with Crippen molar-refractivity contribution in [3.8, 4) is 0 Å². The van der Waals surface area contributed by atoms with Crippen molar-refractivity contribution in [2.45, 2.75) is 0 Å². The third-order valence-electron chi connectivity index (χ3n) is 3.70. The van der Waals surface area contributed by atoms with Crippen molar-refractivity contribution in [2.24, 2.45) is 0 Å². The van der Waals surface area contributed by atoms with Crippen LogP contribution in [0.5, 0.6) is 0 Å². The summed E-state index contributed by atoms with van der Waals surface area (Å²) in [6.45, 7) is 0. The molecule has 34 heavy (non-hydrogen) atoms. The molecule has 0 radical (unpaired) electrons. The van der Waals surface area contributed by atoms with Crippen LogP contribution in [-0.2, 0) is 0 Å². The Labute approximate surface area is 446 Å².